The summed E-state index contributed by atoms with van der Waals surface area (Å²) in [6.45, 7) is 2.89. The summed E-state index contributed by atoms with van der Waals surface area (Å²) in [5.74, 6) is 1.88. The van der Waals surface area contributed by atoms with Crippen molar-refractivity contribution >= 4 is 22.6 Å². The number of ketones is 1. The molecule has 4 aromatic rings. The van der Waals surface area contributed by atoms with Crippen molar-refractivity contribution in [1.29, 1.82) is 0 Å². The number of fused-ring (bicyclic) bond motifs is 2. The van der Waals surface area contributed by atoms with Gasteiger partial charge in [0.15, 0.2) is 11.6 Å². The number of carbonyl (C=O) groups excluding carboxylic acids is 2. The summed E-state index contributed by atoms with van der Waals surface area (Å²) < 4.78 is 13.4. The average Bonchev–Trinajstić information content (AvgIpc) is 3.29. The first-order valence-electron chi connectivity index (χ1n) is 12.1. The van der Waals surface area contributed by atoms with Gasteiger partial charge in [0.05, 0.1) is 42.1 Å². The number of benzene rings is 2. The van der Waals surface area contributed by atoms with Crippen LogP contribution in [0.5, 0.6) is 11.5 Å². The van der Waals surface area contributed by atoms with Gasteiger partial charge in [0.1, 0.15) is 17.1 Å². The molecule has 4 heterocycles. The number of hydrogen-bond acceptors (Lipinski definition) is 6. The minimum absolute atomic E-state index is 0.0682. The molecular weight excluding hydrogens is 456 g/mol. The number of para-hydroxylation sites is 1. The molecule has 2 aromatic carbocycles. The molecule has 1 amide bonds. The Balaban J connectivity index is 1.19. The highest BCUT2D eigenvalue weighted by atomic mass is 16.5. The number of hydrogen-bond donors (Lipinski definition) is 0. The third-order valence-electron chi connectivity index (χ3n) is 7.30. The molecule has 0 saturated carbocycles. The second-order valence-corrected chi connectivity index (χ2v) is 9.46. The molecule has 8 heteroatoms. The Bertz CT molecular complexity index is 1500. The van der Waals surface area contributed by atoms with Gasteiger partial charge in [0, 0.05) is 37.4 Å². The maximum absolute atomic E-state index is 13.4. The van der Waals surface area contributed by atoms with E-state index >= 15 is 0 Å². The van der Waals surface area contributed by atoms with E-state index in [-0.39, 0.29) is 11.7 Å². The predicted octanol–water partition coefficient (Wildman–Crippen LogP) is 4.38. The van der Waals surface area contributed by atoms with Crippen LogP contribution in [0.15, 0.2) is 60.8 Å². The van der Waals surface area contributed by atoms with E-state index in [2.05, 4.69) is 5.10 Å². The third-order valence-corrected chi connectivity index (χ3v) is 7.30. The topological polar surface area (TPSA) is 86.6 Å². The van der Waals surface area contributed by atoms with Gasteiger partial charge >= 0.3 is 0 Å². The molecule has 0 N–H and O–H groups in total. The first-order chi connectivity index (χ1) is 17.5. The van der Waals surface area contributed by atoms with Gasteiger partial charge in [-0.15, -0.1) is 0 Å². The minimum atomic E-state index is -0.596. The molecular formula is C28H26N4O4. The number of likely N-dealkylation sites (tertiary alicyclic amines) is 1. The first kappa shape index (κ1) is 22.3. The van der Waals surface area contributed by atoms with Crippen molar-refractivity contribution in [2.24, 2.45) is 0 Å². The zero-order valence-corrected chi connectivity index (χ0v) is 20.2. The van der Waals surface area contributed by atoms with Gasteiger partial charge in [-0.3, -0.25) is 9.59 Å². The number of methoxy groups -OCH3 is 1. The summed E-state index contributed by atoms with van der Waals surface area (Å²) in [5.41, 5.74) is 2.16. The van der Waals surface area contributed by atoms with E-state index < -0.39 is 5.60 Å². The Labute approximate surface area is 208 Å². The maximum atomic E-state index is 13.4. The molecule has 0 bridgehead atoms. The van der Waals surface area contributed by atoms with Crippen molar-refractivity contribution < 1.29 is 19.1 Å². The summed E-state index contributed by atoms with van der Waals surface area (Å²) in [6, 6.07) is 17.1. The summed E-state index contributed by atoms with van der Waals surface area (Å²) in [6.07, 6.45) is 3.10. The number of nitrogens with zero attached hydrogens (tertiary/aromatic N) is 4. The third kappa shape index (κ3) is 3.69. The summed E-state index contributed by atoms with van der Waals surface area (Å²) >= 11 is 0. The van der Waals surface area contributed by atoms with Crippen LogP contribution in [0.2, 0.25) is 0 Å². The van der Waals surface area contributed by atoms with E-state index in [0.717, 1.165) is 16.6 Å². The monoisotopic (exact) mass is 482 g/mol. The lowest BCUT2D eigenvalue weighted by atomic mass is 9.82. The van der Waals surface area contributed by atoms with Crippen LogP contribution in [0.4, 0.5) is 0 Å². The Morgan fingerprint density at radius 1 is 1.08 bits per heavy atom. The van der Waals surface area contributed by atoms with Crippen LogP contribution in [0.1, 0.15) is 45.7 Å². The summed E-state index contributed by atoms with van der Waals surface area (Å²) in [5, 5.41) is 5.52. The van der Waals surface area contributed by atoms with E-state index in [0.29, 0.717) is 60.8 Å². The predicted molar refractivity (Wildman–Crippen MR) is 134 cm³/mol. The molecule has 36 heavy (non-hydrogen) atoms. The van der Waals surface area contributed by atoms with E-state index in [4.69, 9.17) is 14.5 Å². The lowest BCUT2D eigenvalue weighted by Crippen LogP contribution is -2.52. The largest absolute Gasteiger partial charge is 0.497 e. The molecule has 2 aliphatic heterocycles. The van der Waals surface area contributed by atoms with Gasteiger partial charge in [-0.1, -0.05) is 18.2 Å². The quantitative estimate of drug-likeness (QED) is 0.431. The van der Waals surface area contributed by atoms with Crippen molar-refractivity contribution in [3.8, 4) is 17.3 Å². The highest BCUT2D eigenvalue weighted by molar-refractivity contribution is 6.00. The number of ether oxygens (including phenoxy) is 2. The Hall–Kier alpha value is -4.20. The molecule has 0 aliphatic carbocycles. The molecule has 2 aliphatic rings. The Kier molecular flexibility index (Phi) is 5.25. The number of aromatic nitrogens is 3. The van der Waals surface area contributed by atoms with Crippen molar-refractivity contribution in [3.63, 3.8) is 0 Å². The second-order valence-electron chi connectivity index (χ2n) is 9.46. The molecule has 182 valence electrons. The summed E-state index contributed by atoms with van der Waals surface area (Å²) in [4.78, 5) is 32.8. The fourth-order valence-electron chi connectivity index (χ4n) is 5.19. The molecule has 1 spiro atoms. The van der Waals surface area contributed by atoms with Gasteiger partial charge < -0.3 is 14.4 Å². The molecule has 0 radical (unpaired) electrons. The lowest BCUT2D eigenvalue weighted by molar-refractivity contribution is -0.00582. The number of rotatable bonds is 3. The lowest BCUT2D eigenvalue weighted by Gasteiger charge is -2.44. The van der Waals surface area contributed by atoms with Crippen LogP contribution in [0.25, 0.3) is 16.7 Å². The highest BCUT2D eigenvalue weighted by Gasteiger charge is 2.44. The SMILES string of the molecule is COc1ccc2c(c1)OC1(CCN(C(=O)c3cnn(-c4ccc5ccccc5n4)c3C)CC1)CC2=O. The minimum Gasteiger partial charge on any atom is -0.497 e. The molecule has 8 nitrogen and oxygen atoms in total. The normalized spacial score (nSPS) is 16.6. The Morgan fingerprint density at radius 3 is 2.69 bits per heavy atom. The molecule has 2 aromatic heterocycles. The molecule has 0 atom stereocenters. The van der Waals surface area contributed by atoms with Gasteiger partial charge in [-0.25, -0.2) is 9.67 Å². The average molecular weight is 483 g/mol. The standard InChI is InChI=1S/C28H26N4O4/c1-18-22(17-29-32(18)26-10-7-19-5-3-4-6-23(19)30-26)27(34)31-13-11-28(12-14-31)16-24(33)21-9-8-20(35-2)15-25(21)36-28/h3-10,15,17H,11-14,16H2,1-2H3. The number of piperidine rings is 1. The van der Waals surface area contributed by atoms with Crippen molar-refractivity contribution in [1.82, 2.24) is 19.7 Å². The van der Waals surface area contributed by atoms with Crippen molar-refractivity contribution in [3.05, 3.63) is 77.6 Å². The van der Waals surface area contributed by atoms with Gasteiger partial charge in [0.25, 0.3) is 5.91 Å². The molecule has 1 fully saturated rings. The number of amides is 1. The van der Waals surface area contributed by atoms with Gasteiger partial charge in [-0.2, -0.15) is 5.10 Å². The molecule has 1 saturated heterocycles. The van der Waals surface area contributed by atoms with Crippen LogP contribution in [-0.2, 0) is 0 Å². The second kappa shape index (κ2) is 8.48. The number of Topliss-reactive ketones (excluding diaryl/α,β-unsaturated/α-hetero) is 1. The fourth-order valence-corrected chi connectivity index (χ4v) is 5.19. The zero-order valence-electron chi connectivity index (χ0n) is 20.2. The molecule has 6 rings (SSSR count). The summed E-state index contributed by atoms with van der Waals surface area (Å²) in [7, 11) is 1.59. The Morgan fingerprint density at radius 2 is 1.89 bits per heavy atom. The maximum Gasteiger partial charge on any atom is 0.257 e. The number of pyridine rings is 1. The van der Waals surface area contributed by atoms with Crippen LogP contribution in [0.3, 0.4) is 0 Å². The van der Waals surface area contributed by atoms with Gasteiger partial charge in [-0.05, 0) is 37.3 Å². The van der Waals surface area contributed by atoms with Crippen molar-refractivity contribution in [2.45, 2.75) is 31.8 Å². The van der Waals surface area contributed by atoms with E-state index in [1.165, 1.54) is 0 Å². The van der Waals surface area contributed by atoms with Crippen LogP contribution < -0.4 is 9.47 Å². The first-order valence-corrected chi connectivity index (χ1v) is 12.1. The van der Waals surface area contributed by atoms with E-state index in [1.54, 1.807) is 36.2 Å². The van der Waals surface area contributed by atoms with E-state index in [1.807, 2.05) is 48.2 Å². The smallest absolute Gasteiger partial charge is 0.257 e. The van der Waals surface area contributed by atoms with Crippen molar-refractivity contribution in [2.75, 3.05) is 20.2 Å². The van der Waals surface area contributed by atoms with Gasteiger partial charge in [0.2, 0.25) is 0 Å². The molecule has 0 unspecified atom stereocenters. The number of carbonyl (C=O) groups is 2. The van der Waals surface area contributed by atoms with Crippen LogP contribution >= 0.6 is 0 Å². The highest BCUT2D eigenvalue weighted by Crippen LogP contribution is 2.41. The zero-order chi connectivity index (χ0) is 24.9. The van der Waals surface area contributed by atoms with Crippen LogP contribution in [0, 0.1) is 6.92 Å². The van der Waals surface area contributed by atoms with E-state index in [9.17, 15) is 9.59 Å². The fraction of sp³-hybridized carbons (Fsp3) is 0.286. The van der Waals surface area contributed by atoms with Crippen LogP contribution in [-0.4, -0.2) is 57.2 Å².